The van der Waals surface area contributed by atoms with Crippen molar-refractivity contribution in [2.75, 3.05) is 18.5 Å². The third kappa shape index (κ3) is 3.94. The van der Waals surface area contributed by atoms with Crippen LogP contribution in [-0.4, -0.2) is 31.6 Å². The summed E-state index contributed by atoms with van der Waals surface area (Å²) in [6.45, 7) is 0.834. The summed E-state index contributed by atoms with van der Waals surface area (Å²) in [5, 5.41) is 6.33. The van der Waals surface area contributed by atoms with Crippen molar-refractivity contribution in [3.8, 4) is 0 Å². The van der Waals surface area contributed by atoms with Gasteiger partial charge < -0.3 is 15.5 Å². The molecule has 0 spiro atoms. The van der Waals surface area contributed by atoms with Crippen molar-refractivity contribution in [2.45, 2.75) is 44.3 Å². The van der Waals surface area contributed by atoms with Crippen LogP contribution < -0.4 is 15.5 Å². The van der Waals surface area contributed by atoms with E-state index in [4.69, 9.17) is 0 Å². The minimum absolute atomic E-state index is 0.0376. The zero-order chi connectivity index (χ0) is 14.8. The fraction of sp³-hybridized carbons (Fsp3) is 0.562. The highest BCUT2D eigenvalue weighted by Crippen LogP contribution is 2.26. The van der Waals surface area contributed by atoms with Gasteiger partial charge in [0.25, 0.3) is 0 Å². The summed E-state index contributed by atoms with van der Waals surface area (Å²) in [5.41, 5.74) is 1.43. The molecule has 3 rings (SSSR count). The Balaban J connectivity index is 1.66. The van der Waals surface area contributed by atoms with Gasteiger partial charge in [0.05, 0.1) is 12.2 Å². The lowest BCUT2D eigenvalue weighted by Crippen LogP contribution is -2.37. The van der Waals surface area contributed by atoms with Gasteiger partial charge in [0.1, 0.15) is 5.82 Å². The zero-order valence-corrected chi connectivity index (χ0v) is 12.4. The average Bonchev–Trinajstić information content (AvgIpc) is 3.31. The predicted octanol–water partition coefficient (Wildman–Crippen LogP) is 1.79. The van der Waals surface area contributed by atoms with E-state index in [9.17, 15) is 9.18 Å². The molecule has 0 unspecified atom stereocenters. The van der Waals surface area contributed by atoms with E-state index in [-0.39, 0.29) is 18.3 Å². The van der Waals surface area contributed by atoms with E-state index in [1.54, 1.807) is 18.0 Å². The topological polar surface area (TPSA) is 44.4 Å². The van der Waals surface area contributed by atoms with Crippen LogP contribution in [0.5, 0.6) is 0 Å². The first kappa shape index (κ1) is 14.3. The molecule has 0 aliphatic heterocycles. The second-order valence-corrected chi connectivity index (χ2v) is 6.10. The van der Waals surface area contributed by atoms with Crippen LogP contribution in [0, 0.1) is 5.82 Å². The third-order valence-electron chi connectivity index (χ3n) is 3.93. The molecule has 0 atom stereocenters. The Kier molecular flexibility index (Phi) is 4.10. The molecule has 2 N–H and O–H groups in total. The quantitative estimate of drug-likeness (QED) is 0.805. The van der Waals surface area contributed by atoms with Crippen LogP contribution in [-0.2, 0) is 11.3 Å². The summed E-state index contributed by atoms with van der Waals surface area (Å²) in [7, 11) is 1.77. The molecule has 4 nitrogen and oxygen atoms in total. The molecule has 1 aromatic rings. The molecule has 0 bridgehead atoms. The fourth-order valence-corrected chi connectivity index (χ4v) is 2.47. The van der Waals surface area contributed by atoms with Crippen molar-refractivity contribution in [2.24, 2.45) is 0 Å². The number of carbonyl (C=O) groups excluding carboxylic acids is 1. The number of carbonyl (C=O) groups is 1. The van der Waals surface area contributed by atoms with E-state index < -0.39 is 0 Å². The first-order valence-electron chi connectivity index (χ1n) is 7.65. The maximum atomic E-state index is 14.2. The van der Waals surface area contributed by atoms with E-state index in [1.165, 1.54) is 18.9 Å². The predicted molar refractivity (Wildman–Crippen MR) is 80.7 cm³/mol. The maximum absolute atomic E-state index is 14.2. The second kappa shape index (κ2) is 6.02. The molecule has 1 aromatic carbocycles. The van der Waals surface area contributed by atoms with Crippen molar-refractivity contribution >= 4 is 11.6 Å². The largest absolute Gasteiger partial charge is 0.363 e. The molecular formula is C16H22FN3O. The van der Waals surface area contributed by atoms with Crippen molar-refractivity contribution in [1.29, 1.82) is 0 Å². The molecule has 2 saturated carbocycles. The van der Waals surface area contributed by atoms with Gasteiger partial charge in [-0.25, -0.2) is 4.39 Å². The smallest absolute Gasteiger partial charge is 0.239 e. The highest BCUT2D eigenvalue weighted by molar-refractivity contribution is 5.82. The van der Waals surface area contributed by atoms with Crippen LogP contribution in [0.4, 0.5) is 10.1 Å². The van der Waals surface area contributed by atoms with Gasteiger partial charge in [0, 0.05) is 25.7 Å². The van der Waals surface area contributed by atoms with Crippen LogP contribution in [0.3, 0.4) is 0 Å². The summed E-state index contributed by atoms with van der Waals surface area (Å²) in [6.07, 6.45) is 4.52. The molecule has 5 heteroatoms. The number of anilines is 1. The normalized spacial score (nSPS) is 17.6. The highest BCUT2D eigenvalue weighted by Gasteiger charge is 2.25. The SMILES string of the molecule is CN(CC(=O)NC1CC1)c1c(F)cccc1CNC1CC1. The third-order valence-corrected chi connectivity index (χ3v) is 3.93. The lowest BCUT2D eigenvalue weighted by molar-refractivity contribution is -0.119. The number of hydrogen-bond acceptors (Lipinski definition) is 3. The van der Waals surface area contributed by atoms with E-state index in [1.807, 2.05) is 6.07 Å². The molecule has 21 heavy (non-hydrogen) atoms. The van der Waals surface area contributed by atoms with E-state index in [2.05, 4.69) is 10.6 Å². The number of halogens is 1. The van der Waals surface area contributed by atoms with Gasteiger partial charge in [-0.1, -0.05) is 12.1 Å². The Morgan fingerprint density at radius 2 is 2.00 bits per heavy atom. The number of benzene rings is 1. The van der Waals surface area contributed by atoms with Crippen LogP contribution >= 0.6 is 0 Å². The number of nitrogens with zero attached hydrogens (tertiary/aromatic N) is 1. The van der Waals surface area contributed by atoms with Gasteiger partial charge in [-0.2, -0.15) is 0 Å². The number of likely N-dealkylation sites (N-methyl/N-ethyl adjacent to an activating group) is 1. The lowest BCUT2D eigenvalue weighted by Gasteiger charge is -2.23. The van der Waals surface area contributed by atoms with Gasteiger partial charge in [-0.05, 0) is 37.3 Å². The molecule has 0 aromatic heterocycles. The zero-order valence-electron chi connectivity index (χ0n) is 12.4. The Hall–Kier alpha value is -1.62. The number of rotatable bonds is 7. The Morgan fingerprint density at radius 1 is 1.29 bits per heavy atom. The molecular weight excluding hydrogens is 269 g/mol. The van der Waals surface area contributed by atoms with Gasteiger partial charge in [-0.15, -0.1) is 0 Å². The van der Waals surface area contributed by atoms with Crippen molar-refractivity contribution in [3.63, 3.8) is 0 Å². The summed E-state index contributed by atoms with van der Waals surface area (Å²) in [6, 6.07) is 6.00. The lowest BCUT2D eigenvalue weighted by atomic mass is 10.1. The summed E-state index contributed by atoms with van der Waals surface area (Å²) >= 11 is 0. The first-order chi connectivity index (χ1) is 10.1. The summed E-state index contributed by atoms with van der Waals surface area (Å²) in [4.78, 5) is 13.6. The number of amides is 1. The molecule has 0 saturated heterocycles. The highest BCUT2D eigenvalue weighted by atomic mass is 19.1. The maximum Gasteiger partial charge on any atom is 0.239 e. The average molecular weight is 291 g/mol. The Morgan fingerprint density at radius 3 is 2.67 bits per heavy atom. The van der Waals surface area contributed by atoms with Gasteiger partial charge in [0.15, 0.2) is 0 Å². The molecule has 1 amide bonds. The van der Waals surface area contributed by atoms with Gasteiger partial charge >= 0.3 is 0 Å². The van der Waals surface area contributed by atoms with E-state index in [0.717, 1.165) is 18.4 Å². The number of hydrogen-bond donors (Lipinski definition) is 2. The standard InChI is InChI=1S/C16H22FN3O/c1-20(10-15(21)19-13-7-8-13)16-11(3-2-4-14(16)17)9-18-12-5-6-12/h2-4,12-13,18H,5-10H2,1H3,(H,19,21). The van der Waals surface area contributed by atoms with Crippen molar-refractivity contribution in [3.05, 3.63) is 29.6 Å². The Bertz CT molecular complexity index is 526. The van der Waals surface area contributed by atoms with Gasteiger partial charge in [0.2, 0.25) is 5.91 Å². The molecule has 114 valence electrons. The van der Waals surface area contributed by atoms with Crippen LogP contribution in [0.1, 0.15) is 31.2 Å². The molecule has 0 radical (unpaired) electrons. The number of para-hydroxylation sites is 1. The fourth-order valence-electron chi connectivity index (χ4n) is 2.47. The molecule has 0 heterocycles. The minimum atomic E-state index is -0.271. The molecule has 2 aliphatic rings. The minimum Gasteiger partial charge on any atom is -0.363 e. The van der Waals surface area contributed by atoms with E-state index >= 15 is 0 Å². The molecule has 2 fully saturated rings. The van der Waals surface area contributed by atoms with Crippen LogP contribution in [0.15, 0.2) is 18.2 Å². The summed E-state index contributed by atoms with van der Waals surface area (Å²) < 4.78 is 14.2. The van der Waals surface area contributed by atoms with Crippen LogP contribution in [0.2, 0.25) is 0 Å². The van der Waals surface area contributed by atoms with Crippen molar-refractivity contribution < 1.29 is 9.18 Å². The van der Waals surface area contributed by atoms with Crippen LogP contribution in [0.25, 0.3) is 0 Å². The first-order valence-corrected chi connectivity index (χ1v) is 7.65. The van der Waals surface area contributed by atoms with Gasteiger partial charge in [-0.3, -0.25) is 4.79 Å². The second-order valence-electron chi connectivity index (χ2n) is 6.10. The Labute approximate surface area is 124 Å². The molecule has 2 aliphatic carbocycles. The monoisotopic (exact) mass is 291 g/mol. The summed E-state index contributed by atoms with van der Waals surface area (Å²) in [5.74, 6) is -0.309. The van der Waals surface area contributed by atoms with E-state index in [0.29, 0.717) is 24.3 Å². The van der Waals surface area contributed by atoms with Crippen molar-refractivity contribution in [1.82, 2.24) is 10.6 Å². The number of nitrogens with one attached hydrogen (secondary N) is 2.